The van der Waals surface area contributed by atoms with Crippen LogP contribution >= 0.6 is 0 Å². The van der Waals surface area contributed by atoms with E-state index in [-0.39, 0.29) is 9.80 Å². The van der Waals surface area contributed by atoms with E-state index in [1.54, 1.807) is 0 Å². The number of rotatable bonds is 4. The van der Waals surface area contributed by atoms with Gasteiger partial charge in [-0.05, 0) is 12.1 Å². The molecule has 0 aromatic heterocycles. The lowest BCUT2D eigenvalue weighted by molar-refractivity contribution is -0.208. The Kier molecular flexibility index (Phi) is 5.85. The molecular formula is C16H19F3N2O5S. The average molecular weight is 408 g/mol. The molecule has 0 saturated carbocycles. The molecule has 0 aliphatic carbocycles. The summed E-state index contributed by atoms with van der Waals surface area (Å²) in [4.78, 5) is 23.9. The van der Waals surface area contributed by atoms with Crippen molar-refractivity contribution in [3.8, 4) is 0 Å². The minimum atomic E-state index is -5.00. The first-order valence-corrected chi connectivity index (χ1v) is 9.48. The van der Waals surface area contributed by atoms with Gasteiger partial charge in [0.25, 0.3) is 0 Å². The molecule has 27 heavy (non-hydrogen) atoms. The zero-order valence-electron chi connectivity index (χ0n) is 14.5. The zero-order chi connectivity index (χ0) is 20.6. The van der Waals surface area contributed by atoms with Crippen LogP contribution in [0.5, 0.6) is 0 Å². The van der Waals surface area contributed by atoms with Crippen molar-refractivity contribution in [1.82, 2.24) is 9.21 Å². The minimum absolute atomic E-state index is 0.251. The van der Waals surface area contributed by atoms with Crippen LogP contribution in [-0.4, -0.2) is 66.0 Å². The van der Waals surface area contributed by atoms with Gasteiger partial charge in [0.15, 0.2) is 0 Å². The van der Waals surface area contributed by atoms with Crippen LogP contribution < -0.4 is 0 Å². The number of benzene rings is 1. The van der Waals surface area contributed by atoms with Crippen molar-refractivity contribution >= 4 is 21.9 Å². The SMILES string of the molecule is CC(C)C(=O)N1[C@@H](C(=O)O)CN(S(=O)(=O)c2ccccc2)C[C@H]1C(F)(F)F. The van der Waals surface area contributed by atoms with Crippen molar-refractivity contribution in [2.75, 3.05) is 13.1 Å². The van der Waals surface area contributed by atoms with Gasteiger partial charge in [0.05, 0.1) is 4.90 Å². The number of sulfonamides is 1. The van der Waals surface area contributed by atoms with Crippen molar-refractivity contribution in [2.45, 2.75) is 37.0 Å². The van der Waals surface area contributed by atoms with Crippen LogP contribution in [-0.2, 0) is 19.6 Å². The molecule has 1 aliphatic heterocycles. The van der Waals surface area contributed by atoms with Crippen LogP contribution in [0.25, 0.3) is 0 Å². The first kappa shape index (κ1) is 21.2. The van der Waals surface area contributed by atoms with Gasteiger partial charge >= 0.3 is 12.1 Å². The molecule has 0 radical (unpaired) electrons. The van der Waals surface area contributed by atoms with Crippen LogP contribution in [0.2, 0.25) is 0 Å². The van der Waals surface area contributed by atoms with Gasteiger partial charge in [-0.2, -0.15) is 17.5 Å². The standard InChI is InChI=1S/C16H19F3N2O5S/c1-10(2)14(22)21-12(15(23)24)8-20(9-13(21)16(17,18)19)27(25,26)11-6-4-3-5-7-11/h3-7,10,12-13H,8-9H2,1-2H3,(H,23,24)/t12-,13+/m1/s1. The Balaban J connectivity index is 2.52. The highest BCUT2D eigenvalue weighted by atomic mass is 32.2. The lowest BCUT2D eigenvalue weighted by Crippen LogP contribution is -2.68. The maximum absolute atomic E-state index is 13.6. The van der Waals surface area contributed by atoms with Gasteiger partial charge in [0, 0.05) is 19.0 Å². The second kappa shape index (κ2) is 7.47. The van der Waals surface area contributed by atoms with Crippen molar-refractivity contribution in [3.05, 3.63) is 30.3 Å². The summed E-state index contributed by atoms with van der Waals surface area (Å²) < 4.78 is 66.7. The summed E-state index contributed by atoms with van der Waals surface area (Å²) in [5, 5.41) is 9.39. The monoisotopic (exact) mass is 408 g/mol. The first-order valence-electron chi connectivity index (χ1n) is 8.04. The Morgan fingerprint density at radius 1 is 1.15 bits per heavy atom. The van der Waals surface area contributed by atoms with Crippen LogP contribution in [0, 0.1) is 5.92 Å². The van der Waals surface area contributed by atoms with Crippen molar-refractivity contribution in [2.24, 2.45) is 5.92 Å². The molecule has 1 heterocycles. The number of carbonyl (C=O) groups excluding carboxylic acids is 1. The predicted molar refractivity (Wildman–Crippen MR) is 88.2 cm³/mol. The van der Waals surface area contributed by atoms with Crippen molar-refractivity contribution in [3.63, 3.8) is 0 Å². The Hall–Kier alpha value is -2.14. The highest BCUT2D eigenvalue weighted by molar-refractivity contribution is 7.89. The molecule has 0 spiro atoms. The number of halogens is 3. The number of nitrogens with zero attached hydrogens (tertiary/aromatic N) is 2. The fourth-order valence-corrected chi connectivity index (χ4v) is 4.33. The summed E-state index contributed by atoms with van der Waals surface area (Å²) in [6.45, 7) is 0.865. The van der Waals surface area contributed by atoms with E-state index < -0.39 is 59.2 Å². The number of aliphatic carboxylic acids is 1. The van der Waals surface area contributed by atoms with E-state index in [1.807, 2.05) is 0 Å². The van der Waals surface area contributed by atoms with E-state index in [1.165, 1.54) is 44.2 Å². The van der Waals surface area contributed by atoms with Gasteiger partial charge < -0.3 is 10.0 Å². The molecule has 11 heteroatoms. The van der Waals surface area contributed by atoms with Gasteiger partial charge in [0.2, 0.25) is 15.9 Å². The predicted octanol–water partition coefficient (Wildman–Crippen LogP) is 1.56. The summed E-state index contributed by atoms with van der Waals surface area (Å²) >= 11 is 0. The van der Waals surface area contributed by atoms with Gasteiger partial charge in [-0.25, -0.2) is 13.2 Å². The molecule has 0 unspecified atom stereocenters. The third-order valence-electron chi connectivity index (χ3n) is 4.22. The molecule has 7 nitrogen and oxygen atoms in total. The third kappa shape index (κ3) is 4.24. The Morgan fingerprint density at radius 2 is 1.70 bits per heavy atom. The van der Waals surface area contributed by atoms with Crippen LogP contribution in [0.15, 0.2) is 35.2 Å². The number of amides is 1. The lowest BCUT2D eigenvalue weighted by Gasteiger charge is -2.45. The number of hydrogen-bond donors (Lipinski definition) is 1. The summed E-state index contributed by atoms with van der Waals surface area (Å²) in [5.41, 5.74) is 0. The van der Waals surface area contributed by atoms with Crippen LogP contribution in [0.4, 0.5) is 13.2 Å². The van der Waals surface area contributed by atoms with E-state index >= 15 is 0 Å². The molecule has 2 rings (SSSR count). The molecule has 2 atom stereocenters. The van der Waals surface area contributed by atoms with Crippen molar-refractivity contribution < 1.29 is 36.3 Å². The van der Waals surface area contributed by atoms with Crippen LogP contribution in [0.3, 0.4) is 0 Å². The summed E-state index contributed by atoms with van der Waals surface area (Å²) in [5.74, 6) is -3.58. The fraction of sp³-hybridized carbons (Fsp3) is 0.500. The number of carboxylic acid groups (broad SMARTS) is 1. The maximum atomic E-state index is 13.6. The summed E-state index contributed by atoms with van der Waals surface area (Å²) in [6.07, 6.45) is -5.00. The van der Waals surface area contributed by atoms with Crippen LogP contribution in [0.1, 0.15) is 13.8 Å². The van der Waals surface area contributed by atoms with E-state index in [0.717, 1.165) is 0 Å². The Labute approximate surface area is 154 Å². The van der Waals surface area contributed by atoms with E-state index in [0.29, 0.717) is 4.31 Å². The largest absolute Gasteiger partial charge is 0.480 e. The molecule has 1 aromatic rings. The van der Waals surface area contributed by atoms with Gasteiger partial charge in [-0.15, -0.1) is 0 Å². The highest BCUT2D eigenvalue weighted by Gasteiger charge is 2.55. The number of hydrogen-bond acceptors (Lipinski definition) is 4. The first-order chi connectivity index (χ1) is 12.4. The quantitative estimate of drug-likeness (QED) is 0.816. The number of piperazine rings is 1. The second-order valence-corrected chi connectivity index (χ2v) is 8.38. The Morgan fingerprint density at radius 3 is 2.15 bits per heavy atom. The number of alkyl halides is 3. The zero-order valence-corrected chi connectivity index (χ0v) is 15.4. The van der Waals surface area contributed by atoms with E-state index in [2.05, 4.69) is 0 Å². The molecule has 1 aliphatic rings. The number of carboxylic acids is 1. The van der Waals surface area contributed by atoms with Gasteiger partial charge in [-0.3, -0.25) is 4.79 Å². The number of carbonyl (C=O) groups is 2. The molecule has 1 fully saturated rings. The third-order valence-corrected chi connectivity index (χ3v) is 6.06. The topological polar surface area (TPSA) is 95.0 Å². The smallest absolute Gasteiger partial charge is 0.410 e. The highest BCUT2D eigenvalue weighted by Crippen LogP contribution is 2.33. The molecule has 1 aromatic carbocycles. The fourth-order valence-electron chi connectivity index (χ4n) is 2.85. The van der Waals surface area contributed by atoms with Crippen molar-refractivity contribution in [1.29, 1.82) is 0 Å². The summed E-state index contributed by atoms with van der Waals surface area (Å²) in [6, 6.07) is 2.26. The average Bonchev–Trinajstić information content (AvgIpc) is 2.59. The maximum Gasteiger partial charge on any atom is 0.410 e. The molecule has 1 amide bonds. The van der Waals surface area contributed by atoms with Gasteiger partial charge in [0.1, 0.15) is 12.1 Å². The molecule has 0 bridgehead atoms. The van der Waals surface area contributed by atoms with Gasteiger partial charge in [-0.1, -0.05) is 32.0 Å². The second-order valence-electron chi connectivity index (χ2n) is 6.45. The van der Waals surface area contributed by atoms with E-state index in [4.69, 9.17) is 0 Å². The van der Waals surface area contributed by atoms with E-state index in [9.17, 15) is 36.3 Å². The normalized spacial score (nSPS) is 22.1. The summed E-state index contributed by atoms with van der Waals surface area (Å²) in [7, 11) is -4.36. The molecule has 1 N–H and O–H groups in total. The molecular weight excluding hydrogens is 389 g/mol. The minimum Gasteiger partial charge on any atom is -0.480 e. The lowest BCUT2D eigenvalue weighted by atomic mass is 10.0. The molecule has 150 valence electrons. The Bertz CT molecular complexity index is 811. The molecule has 1 saturated heterocycles.